The van der Waals surface area contributed by atoms with Gasteiger partial charge in [-0.3, -0.25) is 0 Å². The van der Waals surface area contributed by atoms with Gasteiger partial charge in [0.05, 0.1) is 0 Å². The first-order valence-electron chi connectivity index (χ1n) is 7.23. The highest BCUT2D eigenvalue weighted by atomic mass is 15.1. The lowest BCUT2D eigenvalue weighted by Crippen LogP contribution is -2.03. The quantitative estimate of drug-likeness (QED) is 0.741. The molecule has 0 fully saturated rings. The van der Waals surface area contributed by atoms with Crippen LogP contribution in [0.5, 0.6) is 0 Å². The van der Waals surface area contributed by atoms with Crippen LogP contribution in [0.1, 0.15) is 11.1 Å². The molecule has 0 atom stereocenters. The second-order valence-corrected chi connectivity index (χ2v) is 5.12. The summed E-state index contributed by atoms with van der Waals surface area (Å²) in [6.45, 7) is 2.82. The molecular formula is C18H18N4. The van der Waals surface area contributed by atoms with Gasteiger partial charge in [0, 0.05) is 18.3 Å². The fourth-order valence-corrected chi connectivity index (χ4v) is 2.09. The Kier molecular flexibility index (Phi) is 4.30. The largest absolute Gasteiger partial charge is 0.366 e. The highest BCUT2D eigenvalue weighted by molar-refractivity contribution is 5.58. The highest BCUT2D eigenvalue weighted by Gasteiger charge is 2.00. The molecule has 3 aromatic rings. The van der Waals surface area contributed by atoms with Crippen LogP contribution in [0, 0.1) is 6.92 Å². The Morgan fingerprint density at radius 2 is 1.59 bits per heavy atom. The molecule has 2 N–H and O–H groups in total. The summed E-state index contributed by atoms with van der Waals surface area (Å²) in [6.07, 6.45) is 1.56. The van der Waals surface area contributed by atoms with Crippen LogP contribution in [-0.2, 0) is 6.54 Å². The SMILES string of the molecule is Cc1ccc(CNc2cc(Nc3ccccc3)ncn2)cc1. The normalized spacial score (nSPS) is 10.2. The molecule has 110 valence electrons. The van der Waals surface area contributed by atoms with Crippen molar-refractivity contribution in [1.29, 1.82) is 0 Å². The number of hydrogen-bond acceptors (Lipinski definition) is 4. The summed E-state index contributed by atoms with van der Waals surface area (Å²) in [5.41, 5.74) is 3.49. The van der Waals surface area contributed by atoms with E-state index >= 15 is 0 Å². The van der Waals surface area contributed by atoms with Crippen LogP contribution in [0.25, 0.3) is 0 Å². The lowest BCUT2D eigenvalue weighted by atomic mass is 10.1. The number of benzene rings is 2. The van der Waals surface area contributed by atoms with E-state index in [2.05, 4.69) is 51.8 Å². The van der Waals surface area contributed by atoms with Crippen molar-refractivity contribution in [3.8, 4) is 0 Å². The second kappa shape index (κ2) is 6.72. The van der Waals surface area contributed by atoms with Gasteiger partial charge < -0.3 is 10.6 Å². The third kappa shape index (κ3) is 3.82. The first-order valence-corrected chi connectivity index (χ1v) is 7.23. The van der Waals surface area contributed by atoms with Gasteiger partial charge in [0.25, 0.3) is 0 Å². The van der Waals surface area contributed by atoms with Gasteiger partial charge >= 0.3 is 0 Å². The maximum absolute atomic E-state index is 4.25. The van der Waals surface area contributed by atoms with Crippen LogP contribution in [0.3, 0.4) is 0 Å². The third-order valence-corrected chi connectivity index (χ3v) is 3.31. The van der Waals surface area contributed by atoms with E-state index in [1.54, 1.807) is 6.33 Å². The predicted octanol–water partition coefficient (Wildman–Crippen LogP) is 4.14. The van der Waals surface area contributed by atoms with Crippen molar-refractivity contribution in [2.24, 2.45) is 0 Å². The number of aryl methyl sites for hydroxylation is 1. The van der Waals surface area contributed by atoms with E-state index in [4.69, 9.17) is 0 Å². The topological polar surface area (TPSA) is 49.8 Å². The fraction of sp³-hybridized carbons (Fsp3) is 0.111. The van der Waals surface area contributed by atoms with Crippen LogP contribution in [-0.4, -0.2) is 9.97 Å². The number of nitrogens with one attached hydrogen (secondary N) is 2. The van der Waals surface area contributed by atoms with Crippen molar-refractivity contribution >= 4 is 17.3 Å². The molecule has 1 heterocycles. The molecule has 0 aliphatic carbocycles. The molecule has 0 aliphatic heterocycles. The summed E-state index contributed by atoms with van der Waals surface area (Å²) in [6, 6.07) is 20.3. The van der Waals surface area contributed by atoms with Crippen LogP contribution in [0.2, 0.25) is 0 Å². The lowest BCUT2D eigenvalue weighted by molar-refractivity contribution is 1.08. The highest BCUT2D eigenvalue weighted by Crippen LogP contribution is 2.16. The van der Waals surface area contributed by atoms with Crippen LogP contribution >= 0.6 is 0 Å². The first kappa shape index (κ1) is 14.1. The molecule has 3 rings (SSSR count). The molecule has 0 amide bonds. The zero-order valence-electron chi connectivity index (χ0n) is 12.5. The Bertz CT molecular complexity index is 724. The van der Waals surface area contributed by atoms with Gasteiger partial charge in [-0.05, 0) is 24.6 Å². The summed E-state index contributed by atoms with van der Waals surface area (Å²) >= 11 is 0. The molecule has 2 aromatic carbocycles. The smallest absolute Gasteiger partial charge is 0.135 e. The van der Waals surface area contributed by atoms with Gasteiger partial charge in [0.2, 0.25) is 0 Å². The standard InChI is InChI=1S/C18H18N4/c1-14-7-9-15(10-8-14)12-19-17-11-18(21-13-20-17)22-16-5-3-2-4-6-16/h2-11,13H,12H2,1H3,(H2,19,20,21,22). The maximum Gasteiger partial charge on any atom is 0.135 e. The van der Waals surface area contributed by atoms with E-state index in [1.165, 1.54) is 11.1 Å². The minimum Gasteiger partial charge on any atom is -0.366 e. The van der Waals surface area contributed by atoms with E-state index in [0.29, 0.717) is 0 Å². The average molecular weight is 290 g/mol. The number of para-hydroxylation sites is 1. The summed E-state index contributed by atoms with van der Waals surface area (Å²) < 4.78 is 0. The fourth-order valence-electron chi connectivity index (χ4n) is 2.09. The summed E-state index contributed by atoms with van der Waals surface area (Å²) in [7, 11) is 0. The van der Waals surface area contributed by atoms with E-state index in [0.717, 1.165) is 23.9 Å². The molecule has 0 bridgehead atoms. The van der Waals surface area contributed by atoms with Gasteiger partial charge in [-0.2, -0.15) is 0 Å². The van der Waals surface area contributed by atoms with Gasteiger partial charge in [-0.25, -0.2) is 9.97 Å². The Morgan fingerprint density at radius 1 is 0.864 bits per heavy atom. The Labute approximate surface area is 130 Å². The monoisotopic (exact) mass is 290 g/mol. The maximum atomic E-state index is 4.25. The molecular weight excluding hydrogens is 272 g/mol. The van der Waals surface area contributed by atoms with Gasteiger partial charge in [-0.15, -0.1) is 0 Å². The Hall–Kier alpha value is -2.88. The van der Waals surface area contributed by atoms with Gasteiger partial charge in [0.1, 0.15) is 18.0 Å². The number of anilines is 3. The van der Waals surface area contributed by atoms with E-state index < -0.39 is 0 Å². The minimum absolute atomic E-state index is 0.738. The second-order valence-electron chi connectivity index (χ2n) is 5.12. The van der Waals surface area contributed by atoms with Gasteiger partial charge in [-0.1, -0.05) is 48.0 Å². The molecule has 0 unspecified atom stereocenters. The summed E-state index contributed by atoms with van der Waals surface area (Å²) in [5, 5.41) is 6.57. The molecule has 0 saturated heterocycles. The number of hydrogen-bond donors (Lipinski definition) is 2. The molecule has 22 heavy (non-hydrogen) atoms. The van der Waals surface area contributed by atoms with Gasteiger partial charge in [0.15, 0.2) is 0 Å². The predicted molar refractivity (Wildman–Crippen MR) is 90.3 cm³/mol. The van der Waals surface area contributed by atoms with Crippen LogP contribution in [0.4, 0.5) is 17.3 Å². The minimum atomic E-state index is 0.738. The average Bonchev–Trinajstić information content (AvgIpc) is 2.56. The number of nitrogens with zero attached hydrogens (tertiary/aromatic N) is 2. The summed E-state index contributed by atoms with van der Waals surface area (Å²) in [5.74, 6) is 1.57. The van der Waals surface area contributed by atoms with E-state index in [1.807, 2.05) is 36.4 Å². The van der Waals surface area contributed by atoms with E-state index in [-0.39, 0.29) is 0 Å². The molecule has 0 aliphatic rings. The van der Waals surface area contributed by atoms with Crippen molar-refractivity contribution in [2.45, 2.75) is 13.5 Å². The van der Waals surface area contributed by atoms with Crippen molar-refractivity contribution in [2.75, 3.05) is 10.6 Å². The number of aromatic nitrogens is 2. The molecule has 0 saturated carbocycles. The lowest BCUT2D eigenvalue weighted by Gasteiger charge is -2.09. The summed E-state index contributed by atoms with van der Waals surface area (Å²) in [4.78, 5) is 8.49. The molecule has 0 radical (unpaired) electrons. The zero-order valence-corrected chi connectivity index (χ0v) is 12.5. The number of rotatable bonds is 5. The van der Waals surface area contributed by atoms with Crippen molar-refractivity contribution in [3.63, 3.8) is 0 Å². The zero-order chi connectivity index (χ0) is 15.2. The van der Waals surface area contributed by atoms with E-state index in [9.17, 15) is 0 Å². The Balaban J connectivity index is 1.65. The van der Waals surface area contributed by atoms with Crippen LogP contribution < -0.4 is 10.6 Å². The Morgan fingerprint density at radius 3 is 2.36 bits per heavy atom. The third-order valence-electron chi connectivity index (χ3n) is 3.31. The first-order chi connectivity index (χ1) is 10.8. The van der Waals surface area contributed by atoms with Crippen LogP contribution in [0.15, 0.2) is 67.0 Å². The molecule has 0 spiro atoms. The van der Waals surface area contributed by atoms with Crippen molar-refractivity contribution in [3.05, 3.63) is 78.1 Å². The molecule has 4 nitrogen and oxygen atoms in total. The molecule has 1 aromatic heterocycles. The molecule has 4 heteroatoms. The van der Waals surface area contributed by atoms with Crippen molar-refractivity contribution < 1.29 is 0 Å². The van der Waals surface area contributed by atoms with Crippen molar-refractivity contribution in [1.82, 2.24) is 9.97 Å².